The van der Waals surface area contributed by atoms with Crippen LogP contribution in [0.1, 0.15) is 0 Å². The molecule has 0 saturated carbocycles. The number of aliphatic hydroxyl groups excluding tert-OH is 1. The van der Waals surface area contributed by atoms with E-state index in [4.69, 9.17) is 0 Å². The van der Waals surface area contributed by atoms with Crippen LogP contribution in [0.25, 0.3) is 0 Å². The number of hydrogen-bond acceptors (Lipinski definition) is 3. The quantitative estimate of drug-likeness (QED) is 0.585. The smallest absolute Gasteiger partial charge is 0.0719 e. The van der Waals surface area contributed by atoms with Gasteiger partial charge >= 0.3 is 0 Å². The lowest BCUT2D eigenvalue weighted by Gasteiger charge is -2.18. The van der Waals surface area contributed by atoms with Crippen LogP contribution in [-0.4, -0.2) is 61.8 Å². The average Bonchev–Trinajstić information content (AvgIpc) is 2.09. The van der Waals surface area contributed by atoms with E-state index in [-0.39, 0.29) is 6.10 Å². The van der Waals surface area contributed by atoms with E-state index in [1.165, 1.54) is 0 Å². The first kappa shape index (κ1) is 8.97. The van der Waals surface area contributed by atoms with E-state index >= 15 is 0 Å². The number of hydrogen-bond donors (Lipinski definition) is 1. The van der Waals surface area contributed by atoms with Crippen molar-refractivity contribution in [2.24, 2.45) is 5.92 Å². The monoisotopic (exact) mass is 158 g/mol. The van der Waals surface area contributed by atoms with E-state index in [2.05, 4.69) is 16.8 Å². The molecular formula is C8H18N2O. The van der Waals surface area contributed by atoms with E-state index in [0.717, 1.165) is 19.6 Å². The zero-order valence-corrected chi connectivity index (χ0v) is 7.62. The summed E-state index contributed by atoms with van der Waals surface area (Å²) < 4.78 is 0. The summed E-state index contributed by atoms with van der Waals surface area (Å²) in [6.07, 6.45) is -0.123. The van der Waals surface area contributed by atoms with Gasteiger partial charge in [-0.3, -0.25) is 0 Å². The fourth-order valence-corrected chi connectivity index (χ4v) is 1.71. The summed E-state index contributed by atoms with van der Waals surface area (Å²) in [4.78, 5) is 4.31. The first-order valence-electron chi connectivity index (χ1n) is 4.11. The lowest BCUT2D eigenvalue weighted by molar-refractivity contribution is 0.127. The number of likely N-dealkylation sites (N-methyl/N-ethyl adjacent to an activating group) is 1. The molecule has 66 valence electrons. The SMILES string of the molecule is CN(C)CC1CN(C)CC1O. The Kier molecular flexibility index (Phi) is 2.87. The minimum Gasteiger partial charge on any atom is -0.391 e. The van der Waals surface area contributed by atoms with Crippen molar-refractivity contribution in [3.05, 3.63) is 0 Å². The predicted molar refractivity (Wildman–Crippen MR) is 45.5 cm³/mol. The summed E-state index contributed by atoms with van der Waals surface area (Å²) >= 11 is 0. The third-order valence-electron chi connectivity index (χ3n) is 2.19. The Balaban J connectivity index is 2.34. The molecule has 0 bridgehead atoms. The van der Waals surface area contributed by atoms with Gasteiger partial charge in [0.15, 0.2) is 0 Å². The summed E-state index contributed by atoms with van der Waals surface area (Å²) in [5, 5.41) is 9.54. The van der Waals surface area contributed by atoms with Gasteiger partial charge in [0.1, 0.15) is 0 Å². The topological polar surface area (TPSA) is 26.7 Å². The van der Waals surface area contributed by atoms with E-state index in [0.29, 0.717) is 5.92 Å². The molecule has 1 fully saturated rings. The highest BCUT2D eigenvalue weighted by molar-refractivity contribution is 4.82. The second-order valence-electron chi connectivity index (χ2n) is 3.81. The van der Waals surface area contributed by atoms with E-state index < -0.39 is 0 Å². The van der Waals surface area contributed by atoms with Crippen molar-refractivity contribution in [2.45, 2.75) is 6.10 Å². The van der Waals surface area contributed by atoms with Crippen molar-refractivity contribution in [2.75, 3.05) is 40.8 Å². The van der Waals surface area contributed by atoms with Gasteiger partial charge in [0.25, 0.3) is 0 Å². The van der Waals surface area contributed by atoms with Gasteiger partial charge in [-0.2, -0.15) is 0 Å². The minimum absolute atomic E-state index is 0.123. The molecule has 0 radical (unpaired) electrons. The van der Waals surface area contributed by atoms with Gasteiger partial charge in [0.2, 0.25) is 0 Å². The van der Waals surface area contributed by atoms with Gasteiger partial charge in [-0.1, -0.05) is 0 Å². The Hall–Kier alpha value is -0.120. The van der Waals surface area contributed by atoms with Crippen LogP contribution in [0.3, 0.4) is 0 Å². The van der Waals surface area contributed by atoms with Gasteiger partial charge in [-0.25, -0.2) is 0 Å². The van der Waals surface area contributed by atoms with Crippen molar-refractivity contribution in [1.29, 1.82) is 0 Å². The Bertz CT molecular complexity index is 127. The van der Waals surface area contributed by atoms with E-state index in [1.807, 2.05) is 14.1 Å². The molecule has 0 aromatic carbocycles. The second kappa shape index (κ2) is 3.52. The molecule has 1 N–H and O–H groups in total. The van der Waals surface area contributed by atoms with Gasteiger partial charge in [-0.05, 0) is 21.1 Å². The van der Waals surface area contributed by atoms with Crippen molar-refractivity contribution in [3.8, 4) is 0 Å². The van der Waals surface area contributed by atoms with E-state index in [9.17, 15) is 5.11 Å². The highest BCUT2D eigenvalue weighted by Crippen LogP contribution is 2.15. The van der Waals surface area contributed by atoms with Crippen LogP contribution in [0.5, 0.6) is 0 Å². The molecule has 0 aromatic rings. The fourth-order valence-electron chi connectivity index (χ4n) is 1.71. The molecular weight excluding hydrogens is 140 g/mol. The number of rotatable bonds is 2. The molecule has 3 nitrogen and oxygen atoms in total. The lowest BCUT2D eigenvalue weighted by Crippen LogP contribution is -2.29. The van der Waals surface area contributed by atoms with E-state index in [1.54, 1.807) is 0 Å². The second-order valence-corrected chi connectivity index (χ2v) is 3.81. The zero-order chi connectivity index (χ0) is 8.43. The molecule has 1 aliphatic heterocycles. The van der Waals surface area contributed by atoms with Gasteiger partial charge in [0.05, 0.1) is 6.10 Å². The third kappa shape index (κ3) is 2.43. The molecule has 1 rings (SSSR count). The molecule has 1 saturated heterocycles. The lowest BCUT2D eigenvalue weighted by atomic mass is 10.1. The van der Waals surface area contributed by atoms with Crippen LogP contribution >= 0.6 is 0 Å². The average molecular weight is 158 g/mol. The summed E-state index contributed by atoms with van der Waals surface area (Å²) in [7, 11) is 6.15. The molecule has 11 heavy (non-hydrogen) atoms. The number of likely N-dealkylation sites (tertiary alicyclic amines) is 1. The van der Waals surface area contributed by atoms with Crippen LogP contribution in [-0.2, 0) is 0 Å². The van der Waals surface area contributed by atoms with Crippen molar-refractivity contribution >= 4 is 0 Å². The number of nitrogens with zero attached hydrogens (tertiary/aromatic N) is 2. The zero-order valence-electron chi connectivity index (χ0n) is 7.62. The Morgan fingerprint density at radius 3 is 2.45 bits per heavy atom. The summed E-state index contributed by atoms with van der Waals surface area (Å²) in [5.41, 5.74) is 0. The predicted octanol–water partition coefficient (Wildman–Crippen LogP) is -0.529. The first-order valence-corrected chi connectivity index (χ1v) is 4.11. The first-order chi connectivity index (χ1) is 5.09. The molecule has 3 heteroatoms. The molecule has 0 aromatic heterocycles. The fraction of sp³-hybridized carbons (Fsp3) is 1.00. The third-order valence-corrected chi connectivity index (χ3v) is 2.19. The van der Waals surface area contributed by atoms with Gasteiger partial charge in [0, 0.05) is 25.6 Å². The summed E-state index contributed by atoms with van der Waals surface area (Å²) in [6.45, 7) is 2.85. The molecule has 0 spiro atoms. The summed E-state index contributed by atoms with van der Waals surface area (Å²) in [5.74, 6) is 0.440. The minimum atomic E-state index is -0.123. The van der Waals surface area contributed by atoms with Crippen LogP contribution in [0, 0.1) is 5.92 Å². The Morgan fingerprint density at radius 2 is 2.09 bits per heavy atom. The van der Waals surface area contributed by atoms with Crippen molar-refractivity contribution in [1.82, 2.24) is 9.80 Å². The normalized spacial score (nSPS) is 33.5. The molecule has 0 aliphatic carbocycles. The van der Waals surface area contributed by atoms with Crippen molar-refractivity contribution < 1.29 is 5.11 Å². The summed E-state index contributed by atoms with van der Waals surface area (Å²) in [6, 6.07) is 0. The molecule has 1 aliphatic rings. The number of aliphatic hydroxyl groups is 1. The number of β-amino-alcohol motifs (C(OH)–C–C–N with tert-alkyl or cyclic N) is 1. The van der Waals surface area contributed by atoms with Crippen LogP contribution < -0.4 is 0 Å². The molecule has 1 heterocycles. The maximum Gasteiger partial charge on any atom is 0.0719 e. The van der Waals surface area contributed by atoms with Crippen LogP contribution in [0.4, 0.5) is 0 Å². The van der Waals surface area contributed by atoms with Crippen LogP contribution in [0.2, 0.25) is 0 Å². The van der Waals surface area contributed by atoms with Gasteiger partial charge in [-0.15, -0.1) is 0 Å². The van der Waals surface area contributed by atoms with Gasteiger partial charge < -0.3 is 14.9 Å². The van der Waals surface area contributed by atoms with Crippen LogP contribution in [0.15, 0.2) is 0 Å². The molecule has 0 amide bonds. The Labute approximate surface area is 68.6 Å². The highest BCUT2D eigenvalue weighted by Gasteiger charge is 2.28. The molecule has 2 unspecified atom stereocenters. The Morgan fingerprint density at radius 1 is 1.45 bits per heavy atom. The standard InChI is InChI=1S/C8H18N2O/c1-9(2)4-7-5-10(3)6-8(7)11/h7-8,11H,4-6H2,1-3H3. The maximum absolute atomic E-state index is 9.54. The maximum atomic E-state index is 9.54. The van der Waals surface area contributed by atoms with Crippen molar-refractivity contribution in [3.63, 3.8) is 0 Å². The highest BCUT2D eigenvalue weighted by atomic mass is 16.3. The largest absolute Gasteiger partial charge is 0.391 e. The molecule has 2 atom stereocenters.